The molecule has 7 nitrogen and oxygen atoms in total. The molecule has 2 heterocycles. The maximum Gasteiger partial charge on any atom is 0.266 e. The first kappa shape index (κ1) is 23.4. The Hall–Kier alpha value is -3.78. The molecule has 4 aromatic rings. The summed E-state index contributed by atoms with van der Waals surface area (Å²) < 4.78 is 7.07. The van der Waals surface area contributed by atoms with Gasteiger partial charge in [-0.1, -0.05) is 42.5 Å². The molecular formula is C26H26N4O3S. The van der Waals surface area contributed by atoms with E-state index in [-0.39, 0.29) is 24.6 Å². The minimum Gasteiger partial charge on any atom is -0.481 e. The third kappa shape index (κ3) is 5.58. The van der Waals surface area contributed by atoms with Gasteiger partial charge in [0.25, 0.3) is 11.5 Å². The molecule has 0 saturated carbocycles. The zero-order valence-electron chi connectivity index (χ0n) is 19.3. The molecule has 174 valence electrons. The lowest BCUT2D eigenvalue weighted by atomic mass is 10.2. The van der Waals surface area contributed by atoms with Crippen molar-refractivity contribution in [2.24, 2.45) is 0 Å². The van der Waals surface area contributed by atoms with E-state index < -0.39 is 6.10 Å². The molecule has 1 amide bonds. The third-order valence-corrected chi connectivity index (χ3v) is 6.44. The first-order valence-electron chi connectivity index (χ1n) is 11.0. The van der Waals surface area contributed by atoms with Crippen molar-refractivity contribution >= 4 is 17.2 Å². The predicted octanol–water partition coefficient (Wildman–Crippen LogP) is 4.23. The minimum atomic E-state index is -0.658. The summed E-state index contributed by atoms with van der Waals surface area (Å²) in [5.41, 5.74) is 3.41. The molecule has 8 heteroatoms. The van der Waals surface area contributed by atoms with Crippen LogP contribution in [0, 0.1) is 13.8 Å². The summed E-state index contributed by atoms with van der Waals surface area (Å²) in [6.45, 7) is 6.10. The fourth-order valence-electron chi connectivity index (χ4n) is 3.44. The Balaban J connectivity index is 1.41. The average Bonchev–Trinajstić information content (AvgIpc) is 3.22. The molecule has 4 rings (SSSR count). The zero-order chi connectivity index (χ0) is 24.1. The number of amides is 1. The predicted molar refractivity (Wildman–Crippen MR) is 134 cm³/mol. The number of hydrogen-bond donors (Lipinski definition) is 1. The fraction of sp³-hybridized carbons (Fsp3) is 0.231. The summed E-state index contributed by atoms with van der Waals surface area (Å²) in [5.74, 6) is 0.388. The molecule has 1 unspecified atom stereocenters. The monoisotopic (exact) mass is 474 g/mol. The first-order valence-corrected chi connectivity index (χ1v) is 11.8. The first-order chi connectivity index (χ1) is 16.4. The highest BCUT2D eigenvalue weighted by molar-refractivity contribution is 7.18. The van der Waals surface area contributed by atoms with Crippen LogP contribution in [0.15, 0.2) is 71.5 Å². The van der Waals surface area contributed by atoms with E-state index in [0.29, 0.717) is 11.4 Å². The number of rotatable bonds is 8. The number of hydrogen-bond acceptors (Lipinski definition) is 6. The number of carbonyl (C=O) groups excluding carboxylic acids is 1. The molecule has 0 spiro atoms. The van der Waals surface area contributed by atoms with Crippen LogP contribution in [-0.4, -0.2) is 33.3 Å². The van der Waals surface area contributed by atoms with Crippen molar-refractivity contribution in [2.45, 2.75) is 33.4 Å². The topological polar surface area (TPSA) is 86.1 Å². The van der Waals surface area contributed by atoms with E-state index in [1.54, 1.807) is 13.0 Å². The molecule has 0 aliphatic carbocycles. The smallest absolute Gasteiger partial charge is 0.266 e. The highest BCUT2D eigenvalue weighted by Crippen LogP contribution is 2.33. The molecule has 2 aromatic carbocycles. The van der Waals surface area contributed by atoms with Crippen LogP contribution in [0.2, 0.25) is 0 Å². The van der Waals surface area contributed by atoms with Gasteiger partial charge in [0.1, 0.15) is 16.5 Å². The van der Waals surface area contributed by atoms with Gasteiger partial charge >= 0.3 is 0 Å². The fourth-order valence-corrected chi connectivity index (χ4v) is 4.48. The van der Waals surface area contributed by atoms with Crippen LogP contribution >= 0.6 is 11.3 Å². The quantitative estimate of drug-likeness (QED) is 0.413. The van der Waals surface area contributed by atoms with Gasteiger partial charge in [0.2, 0.25) is 0 Å². The number of aryl methyl sites for hydroxylation is 2. The van der Waals surface area contributed by atoms with Crippen LogP contribution in [0.3, 0.4) is 0 Å². The number of benzene rings is 2. The van der Waals surface area contributed by atoms with Crippen LogP contribution in [0.1, 0.15) is 18.2 Å². The molecule has 34 heavy (non-hydrogen) atoms. The maximum absolute atomic E-state index is 12.4. The average molecular weight is 475 g/mol. The van der Waals surface area contributed by atoms with Crippen molar-refractivity contribution < 1.29 is 9.53 Å². The van der Waals surface area contributed by atoms with Gasteiger partial charge in [-0.2, -0.15) is 5.10 Å². The van der Waals surface area contributed by atoms with Crippen molar-refractivity contribution in [1.82, 2.24) is 20.1 Å². The van der Waals surface area contributed by atoms with Crippen molar-refractivity contribution in [1.29, 1.82) is 0 Å². The molecule has 1 atom stereocenters. The van der Waals surface area contributed by atoms with E-state index in [0.717, 1.165) is 26.7 Å². The van der Waals surface area contributed by atoms with Crippen LogP contribution in [0.25, 0.3) is 21.1 Å². The second-order valence-electron chi connectivity index (χ2n) is 7.95. The summed E-state index contributed by atoms with van der Waals surface area (Å²) in [7, 11) is 0. The van der Waals surface area contributed by atoms with Crippen molar-refractivity contribution in [2.75, 3.05) is 6.54 Å². The Morgan fingerprint density at radius 1 is 1.09 bits per heavy atom. The van der Waals surface area contributed by atoms with Gasteiger partial charge in [-0.05, 0) is 44.5 Å². The zero-order valence-corrected chi connectivity index (χ0v) is 20.1. The minimum absolute atomic E-state index is 0.229. The highest BCUT2D eigenvalue weighted by atomic mass is 32.1. The molecule has 0 fully saturated rings. The van der Waals surface area contributed by atoms with Crippen LogP contribution in [0.4, 0.5) is 0 Å². The lowest BCUT2D eigenvalue weighted by molar-refractivity contribution is -0.127. The van der Waals surface area contributed by atoms with Crippen LogP contribution in [-0.2, 0) is 11.3 Å². The summed E-state index contributed by atoms with van der Waals surface area (Å²) >= 11 is 1.54. The number of nitrogens with one attached hydrogen (secondary N) is 1. The second kappa shape index (κ2) is 10.4. The number of carbonyl (C=O) groups is 1. The molecule has 0 aliphatic heterocycles. The Bertz CT molecular complexity index is 1350. The Morgan fingerprint density at radius 3 is 2.65 bits per heavy atom. The standard InChI is InChI=1S/C26H26N4O3S/c1-17-8-7-11-21(16-17)33-19(3)25(32)27-14-15-30-23(31)13-12-22(29-30)24-18(2)28-26(34-24)20-9-5-4-6-10-20/h4-13,16,19H,14-15H2,1-3H3,(H,27,32). The number of thiazole rings is 1. The molecule has 1 N–H and O–H groups in total. The number of ether oxygens (including phenoxy) is 1. The van der Waals surface area contributed by atoms with Crippen molar-refractivity contribution in [3.05, 3.63) is 88.3 Å². The Labute approximate surface area is 202 Å². The SMILES string of the molecule is Cc1cccc(OC(C)C(=O)NCCn2nc(-c3sc(-c4ccccc4)nc3C)ccc2=O)c1. The summed E-state index contributed by atoms with van der Waals surface area (Å²) in [6.07, 6.45) is -0.658. The third-order valence-electron chi connectivity index (χ3n) is 5.21. The van der Waals surface area contributed by atoms with Gasteiger partial charge < -0.3 is 10.1 Å². The molecule has 0 saturated heterocycles. The highest BCUT2D eigenvalue weighted by Gasteiger charge is 2.16. The van der Waals surface area contributed by atoms with Gasteiger partial charge in [0.15, 0.2) is 6.10 Å². The van der Waals surface area contributed by atoms with Gasteiger partial charge in [0.05, 0.1) is 17.1 Å². The molecule has 2 aromatic heterocycles. The van der Waals surface area contributed by atoms with Gasteiger partial charge in [0, 0.05) is 18.2 Å². The van der Waals surface area contributed by atoms with E-state index in [1.165, 1.54) is 22.1 Å². The van der Waals surface area contributed by atoms with Gasteiger partial charge in [-0.25, -0.2) is 9.67 Å². The van der Waals surface area contributed by atoms with Crippen LogP contribution in [0.5, 0.6) is 5.75 Å². The molecule has 0 bridgehead atoms. The normalized spacial score (nSPS) is 11.7. The number of aromatic nitrogens is 3. The van der Waals surface area contributed by atoms with E-state index in [2.05, 4.69) is 15.4 Å². The van der Waals surface area contributed by atoms with Crippen molar-refractivity contribution in [3.63, 3.8) is 0 Å². The van der Waals surface area contributed by atoms with Crippen LogP contribution < -0.4 is 15.6 Å². The summed E-state index contributed by atoms with van der Waals surface area (Å²) in [4.78, 5) is 30.4. The maximum atomic E-state index is 12.4. The van der Waals surface area contributed by atoms with E-state index in [4.69, 9.17) is 4.74 Å². The molecule has 0 radical (unpaired) electrons. The van der Waals surface area contributed by atoms with E-state index >= 15 is 0 Å². The summed E-state index contributed by atoms with van der Waals surface area (Å²) in [6, 6.07) is 20.7. The lowest BCUT2D eigenvalue weighted by Gasteiger charge is -2.15. The molecule has 0 aliphatic rings. The Kier molecular flexibility index (Phi) is 7.18. The van der Waals surface area contributed by atoms with Gasteiger partial charge in [-0.15, -0.1) is 11.3 Å². The second-order valence-corrected chi connectivity index (χ2v) is 8.95. The largest absolute Gasteiger partial charge is 0.481 e. The van der Waals surface area contributed by atoms with E-state index in [9.17, 15) is 9.59 Å². The van der Waals surface area contributed by atoms with Crippen molar-refractivity contribution in [3.8, 4) is 26.9 Å². The molecular weight excluding hydrogens is 448 g/mol. The Morgan fingerprint density at radius 2 is 1.88 bits per heavy atom. The van der Waals surface area contributed by atoms with E-state index in [1.807, 2.05) is 68.4 Å². The lowest BCUT2D eigenvalue weighted by Crippen LogP contribution is -2.39. The number of nitrogens with zero attached hydrogens (tertiary/aromatic N) is 3. The summed E-state index contributed by atoms with van der Waals surface area (Å²) in [5, 5.41) is 8.24. The van der Waals surface area contributed by atoms with Gasteiger partial charge in [-0.3, -0.25) is 9.59 Å².